The molecule has 7 heteroatoms. The Balaban J connectivity index is 2.32. The van der Waals surface area contributed by atoms with Gasteiger partial charge in [-0.1, -0.05) is 0 Å². The van der Waals surface area contributed by atoms with Crippen molar-refractivity contribution in [1.29, 1.82) is 0 Å². The van der Waals surface area contributed by atoms with Gasteiger partial charge in [0.05, 0.1) is 20.1 Å². The molecule has 0 bridgehead atoms. The van der Waals surface area contributed by atoms with Gasteiger partial charge in [-0.05, 0) is 33.6 Å². The van der Waals surface area contributed by atoms with Crippen molar-refractivity contribution in [2.75, 3.05) is 26.7 Å². The van der Waals surface area contributed by atoms with Gasteiger partial charge >= 0.3 is 12.1 Å². The maximum absolute atomic E-state index is 12.1. The number of rotatable bonds is 7. The van der Waals surface area contributed by atoms with E-state index in [2.05, 4.69) is 10.1 Å². The van der Waals surface area contributed by atoms with Crippen LogP contribution in [0.2, 0.25) is 0 Å². The number of amides is 1. The van der Waals surface area contributed by atoms with E-state index in [1.807, 2.05) is 20.8 Å². The molecular weight excluding hydrogens is 300 g/mol. The highest BCUT2D eigenvalue weighted by Crippen LogP contribution is 2.20. The highest BCUT2D eigenvalue weighted by molar-refractivity contribution is 5.84. The minimum atomic E-state index is -0.512. The predicted molar refractivity (Wildman–Crippen MR) is 85.1 cm³/mol. The number of nitrogens with zero attached hydrogens (tertiary/aromatic N) is 1. The maximum Gasteiger partial charge on any atom is 0.410 e. The van der Waals surface area contributed by atoms with Crippen molar-refractivity contribution in [3.8, 4) is 0 Å². The minimum Gasteiger partial charge on any atom is -0.469 e. The summed E-state index contributed by atoms with van der Waals surface area (Å²) in [5, 5.41) is 3.07. The molecule has 1 atom stereocenters. The molecule has 1 saturated heterocycles. The Bertz CT molecular complexity index is 431. The summed E-state index contributed by atoms with van der Waals surface area (Å²) in [6.07, 6.45) is 1.79. The lowest BCUT2D eigenvalue weighted by molar-refractivity contribution is -0.141. The van der Waals surface area contributed by atoms with E-state index < -0.39 is 5.60 Å². The zero-order valence-electron chi connectivity index (χ0n) is 14.5. The second-order valence-corrected chi connectivity index (χ2v) is 6.72. The molecule has 132 valence electrons. The zero-order valence-corrected chi connectivity index (χ0v) is 14.5. The third-order valence-electron chi connectivity index (χ3n) is 3.54. The van der Waals surface area contributed by atoms with Crippen LogP contribution in [0.3, 0.4) is 0 Å². The molecule has 1 N–H and O–H groups in total. The fourth-order valence-corrected chi connectivity index (χ4v) is 2.42. The second-order valence-electron chi connectivity index (χ2n) is 6.72. The van der Waals surface area contributed by atoms with Gasteiger partial charge in [-0.15, -0.1) is 0 Å². The lowest BCUT2D eigenvalue weighted by Crippen LogP contribution is -2.44. The van der Waals surface area contributed by atoms with Crippen LogP contribution in [-0.4, -0.2) is 61.1 Å². The highest BCUT2D eigenvalue weighted by Gasteiger charge is 2.31. The van der Waals surface area contributed by atoms with E-state index >= 15 is 0 Å². The van der Waals surface area contributed by atoms with E-state index in [1.54, 1.807) is 4.90 Å². The van der Waals surface area contributed by atoms with Gasteiger partial charge in [0, 0.05) is 25.6 Å². The molecule has 1 amide bonds. The third kappa shape index (κ3) is 7.45. The van der Waals surface area contributed by atoms with E-state index in [1.165, 1.54) is 7.11 Å². The number of nitrogens with one attached hydrogen (secondary N) is 1. The third-order valence-corrected chi connectivity index (χ3v) is 3.54. The average molecular weight is 328 g/mol. The number of methoxy groups -OCH3 is 1. The molecule has 0 radical (unpaired) electrons. The Labute approximate surface area is 137 Å². The first-order chi connectivity index (χ1) is 10.7. The van der Waals surface area contributed by atoms with Gasteiger partial charge in [0.1, 0.15) is 11.4 Å². The molecular formula is C16H28N2O5. The summed E-state index contributed by atoms with van der Waals surface area (Å²) in [6, 6.07) is 0.0401. The number of esters is 1. The first-order valence-electron chi connectivity index (χ1n) is 8.02. The van der Waals surface area contributed by atoms with Crippen molar-refractivity contribution in [2.45, 2.75) is 58.1 Å². The van der Waals surface area contributed by atoms with Crippen molar-refractivity contribution in [1.82, 2.24) is 10.2 Å². The molecule has 0 aromatic rings. The first kappa shape index (κ1) is 19.4. The quantitative estimate of drug-likeness (QED) is 0.713. The molecule has 0 aliphatic carbocycles. The minimum absolute atomic E-state index is 0.0401. The first-order valence-corrected chi connectivity index (χ1v) is 8.02. The molecule has 1 fully saturated rings. The molecule has 1 aliphatic rings. The Kier molecular flexibility index (Phi) is 7.48. The normalized spacial score (nSPS) is 17.9. The van der Waals surface area contributed by atoms with Gasteiger partial charge in [0.2, 0.25) is 0 Å². The summed E-state index contributed by atoms with van der Waals surface area (Å²) in [4.78, 5) is 36.5. The van der Waals surface area contributed by atoms with Crippen LogP contribution in [0.4, 0.5) is 4.79 Å². The van der Waals surface area contributed by atoms with Crippen molar-refractivity contribution >= 4 is 17.8 Å². The van der Waals surface area contributed by atoms with Crippen molar-refractivity contribution in [3.05, 3.63) is 0 Å². The second kappa shape index (κ2) is 8.86. The van der Waals surface area contributed by atoms with Gasteiger partial charge in [-0.3, -0.25) is 9.59 Å². The molecule has 0 saturated carbocycles. The molecule has 23 heavy (non-hydrogen) atoms. The predicted octanol–water partition coefficient (Wildman–Crippen LogP) is 1.50. The lowest BCUT2D eigenvalue weighted by atomic mass is 10.2. The molecule has 7 nitrogen and oxygen atoms in total. The number of carbonyl (C=O) groups is 3. The Hall–Kier alpha value is -1.63. The summed E-state index contributed by atoms with van der Waals surface area (Å²) in [6.45, 7) is 6.94. The number of Topliss-reactive ketones (excluding diaryl/α,β-unsaturated/α-hetero) is 1. The zero-order chi connectivity index (χ0) is 17.5. The Morgan fingerprint density at radius 1 is 1.22 bits per heavy atom. The van der Waals surface area contributed by atoms with E-state index in [0.29, 0.717) is 13.1 Å². The van der Waals surface area contributed by atoms with Crippen LogP contribution in [0.15, 0.2) is 0 Å². The topological polar surface area (TPSA) is 84.9 Å². The van der Waals surface area contributed by atoms with Crippen molar-refractivity contribution in [3.63, 3.8) is 0 Å². The van der Waals surface area contributed by atoms with Crippen LogP contribution in [-0.2, 0) is 19.1 Å². The SMILES string of the molecule is COC(=O)CCC(=O)CNC[C@@H]1CCCN1C(=O)OC(C)(C)C. The molecule has 0 unspecified atom stereocenters. The fraction of sp³-hybridized carbons (Fsp3) is 0.812. The average Bonchev–Trinajstić information content (AvgIpc) is 2.91. The summed E-state index contributed by atoms with van der Waals surface area (Å²) < 4.78 is 9.89. The van der Waals surface area contributed by atoms with Gasteiger partial charge in [0.15, 0.2) is 0 Å². The number of ether oxygens (including phenoxy) is 2. The van der Waals surface area contributed by atoms with E-state index in [-0.39, 0.29) is 43.3 Å². The number of hydrogen-bond donors (Lipinski definition) is 1. The largest absolute Gasteiger partial charge is 0.469 e. The smallest absolute Gasteiger partial charge is 0.410 e. The fourth-order valence-electron chi connectivity index (χ4n) is 2.42. The number of hydrogen-bond acceptors (Lipinski definition) is 6. The van der Waals surface area contributed by atoms with Gasteiger partial charge < -0.3 is 19.7 Å². The Morgan fingerprint density at radius 3 is 2.52 bits per heavy atom. The lowest BCUT2D eigenvalue weighted by Gasteiger charge is -2.28. The van der Waals surface area contributed by atoms with E-state index in [0.717, 1.165) is 12.8 Å². The standard InChI is InChI=1S/C16H28N2O5/c1-16(2,3)23-15(21)18-9-5-6-12(18)10-17-11-13(19)7-8-14(20)22-4/h12,17H,5-11H2,1-4H3/t12-/m0/s1. The summed E-state index contributed by atoms with van der Waals surface area (Å²) in [7, 11) is 1.30. The molecule has 0 spiro atoms. The highest BCUT2D eigenvalue weighted by atomic mass is 16.6. The van der Waals surface area contributed by atoms with Crippen molar-refractivity contribution in [2.24, 2.45) is 0 Å². The summed E-state index contributed by atoms with van der Waals surface area (Å²) in [5.74, 6) is -0.428. The summed E-state index contributed by atoms with van der Waals surface area (Å²) in [5.41, 5.74) is -0.512. The monoisotopic (exact) mass is 328 g/mol. The van der Waals surface area contributed by atoms with E-state index in [9.17, 15) is 14.4 Å². The van der Waals surface area contributed by atoms with Crippen molar-refractivity contribution < 1.29 is 23.9 Å². The molecule has 1 rings (SSSR count). The molecule has 1 heterocycles. The van der Waals surface area contributed by atoms with Crippen LogP contribution in [0, 0.1) is 0 Å². The summed E-state index contributed by atoms with van der Waals surface area (Å²) >= 11 is 0. The Morgan fingerprint density at radius 2 is 1.91 bits per heavy atom. The van der Waals surface area contributed by atoms with Crippen LogP contribution in [0.25, 0.3) is 0 Å². The maximum atomic E-state index is 12.1. The van der Waals surface area contributed by atoms with Crippen LogP contribution in [0.1, 0.15) is 46.5 Å². The van der Waals surface area contributed by atoms with Gasteiger partial charge in [-0.25, -0.2) is 4.79 Å². The van der Waals surface area contributed by atoms with Crippen LogP contribution in [0.5, 0.6) is 0 Å². The number of likely N-dealkylation sites (tertiary alicyclic amines) is 1. The van der Waals surface area contributed by atoms with Crippen LogP contribution < -0.4 is 5.32 Å². The molecule has 0 aromatic carbocycles. The number of carbonyl (C=O) groups excluding carboxylic acids is 3. The molecule has 1 aliphatic heterocycles. The van der Waals surface area contributed by atoms with E-state index in [4.69, 9.17) is 4.74 Å². The van der Waals surface area contributed by atoms with Crippen LogP contribution >= 0.6 is 0 Å². The van der Waals surface area contributed by atoms with Gasteiger partial charge in [0.25, 0.3) is 0 Å². The number of ketones is 1. The molecule has 0 aromatic heterocycles. The van der Waals surface area contributed by atoms with Gasteiger partial charge in [-0.2, -0.15) is 0 Å².